The van der Waals surface area contributed by atoms with Gasteiger partial charge in [0.05, 0.1) is 23.7 Å². The summed E-state index contributed by atoms with van der Waals surface area (Å²) >= 11 is 0. The number of carbonyl (C=O) groups is 1. The van der Waals surface area contributed by atoms with E-state index in [1.54, 1.807) is 12.1 Å². The maximum atomic E-state index is 12.4. The Morgan fingerprint density at radius 1 is 1.25 bits per heavy atom. The van der Waals surface area contributed by atoms with Gasteiger partial charge in [0.2, 0.25) is 0 Å². The molecule has 1 aromatic rings. The van der Waals surface area contributed by atoms with Crippen LogP contribution in [0.4, 0.5) is 0 Å². The van der Waals surface area contributed by atoms with Crippen LogP contribution in [0.25, 0.3) is 0 Å². The van der Waals surface area contributed by atoms with Crippen molar-refractivity contribution in [3.05, 3.63) is 35.4 Å². The van der Waals surface area contributed by atoms with Gasteiger partial charge < -0.3 is 9.84 Å². The molecule has 0 amide bonds. The van der Waals surface area contributed by atoms with Gasteiger partial charge in [0.15, 0.2) is 0 Å². The highest BCUT2D eigenvalue weighted by Gasteiger charge is 2.57. The Kier molecular flexibility index (Phi) is 3.65. The molecule has 4 fully saturated rings. The summed E-state index contributed by atoms with van der Waals surface area (Å²) in [5.41, 5.74) is 0.689. The zero-order valence-electron chi connectivity index (χ0n) is 13.8. The second kappa shape index (κ2) is 5.60. The number of nitriles is 1. The van der Waals surface area contributed by atoms with Crippen molar-refractivity contribution >= 4 is 5.97 Å². The maximum absolute atomic E-state index is 12.4. The lowest BCUT2D eigenvalue weighted by molar-refractivity contribution is -0.177. The third-order valence-corrected chi connectivity index (χ3v) is 6.20. The van der Waals surface area contributed by atoms with E-state index in [4.69, 9.17) is 10.00 Å². The van der Waals surface area contributed by atoms with Gasteiger partial charge in [0.1, 0.15) is 6.61 Å². The van der Waals surface area contributed by atoms with E-state index in [1.807, 2.05) is 12.1 Å². The lowest BCUT2D eigenvalue weighted by atomic mass is 9.47. The number of esters is 1. The Bertz CT molecular complexity index is 691. The number of hydrogen-bond donors (Lipinski definition) is 1. The fraction of sp³-hybridized carbons (Fsp3) is 0.600. The zero-order valence-corrected chi connectivity index (χ0v) is 13.8. The zero-order chi connectivity index (χ0) is 16.8. The molecular formula is C20H23NO3. The number of carbonyl (C=O) groups excluding carboxylic acids is 1. The summed E-state index contributed by atoms with van der Waals surface area (Å²) in [6, 6.07) is 9.33. The van der Waals surface area contributed by atoms with Crippen molar-refractivity contribution in [3.63, 3.8) is 0 Å². The predicted octanol–water partition coefficient (Wildman–Crippen LogP) is 3.32. The van der Waals surface area contributed by atoms with Crippen molar-refractivity contribution in [2.45, 2.75) is 57.2 Å². The molecule has 2 unspecified atom stereocenters. The molecule has 0 saturated heterocycles. The lowest BCUT2D eigenvalue weighted by Gasteiger charge is -2.60. The van der Waals surface area contributed by atoms with Crippen LogP contribution in [0.3, 0.4) is 0 Å². The largest absolute Gasteiger partial charge is 0.461 e. The van der Waals surface area contributed by atoms with E-state index in [1.165, 1.54) is 6.42 Å². The Morgan fingerprint density at radius 3 is 2.62 bits per heavy atom. The molecule has 0 heterocycles. The third kappa shape index (κ3) is 2.82. The minimum atomic E-state index is -0.544. The SMILES string of the molecule is N#Cc1ccccc1COC(=O)CC12C[C@@H]3C[C@@H](CC(O)(C3)C1)C2. The molecule has 4 nitrogen and oxygen atoms in total. The topological polar surface area (TPSA) is 70.3 Å². The number of hydrogen-bond acceptors (Lipinski definition) is 4. The van der Waals surface area contributed by atoms with Crippen molar-refractivity contribution in [3.8, 4) is 6.07 Å². The molecule has 5 rings (SSSR count). The van der Waals surface area contributed by atoms with Gasteiger partial charge in [-0.1, -0.05) is 18.2 Å². The first-order valence-corrected chi connectivity index (χ1v) is 8.85. The molecule has 126 valence electrons. The normalized spacial score (nSPS) is 36.3. The van der Waals surface area contributed by atoms with E-state index >= 15 is 0 Å². The van der Waals surface area contributed by atoms with Crippen LogP contribution < -0.4 is 0 Å². The van der Waals surface area contributed by atoms with Gasteiger partial charge in [-0.3, -0.25) is 4.79 Å². The van der Waals surface area contributed by atoms with Crippen LogP contribution in [0.2, 0.25) is 0 Å². The van der Waals surface area contributed by atoms with E-state index in [-0.39, 0.29) is 18.0 Å². The van der Waals surface area contributed by atoms with Crippen LogP contribution in [-0.4, -0.2) is 16.7 Å². The highest BCUT2D eigenvalue weighted by Crippen LogP contribution is 2.62. The maximum Gasteiger partial charge on any atom is 0.306 e. The van der Waals surface area contributed by atoms with Gasteiger partial charge in [-0.15, -0.1) is 0 Å². The minimum absolute atomic E-state index is 0.0648. The Morgan fingerprint density at radius 2 is 1.96 bits per heavy atom. The molecule has 4 atom stereocenters. The summed E-state index contributed by atoms with van der Waals surface area (Å²) < 4.78 is 5.47. The summed E-state index contributed by atoms with van der Waals surface area (Å²) in [6.45, 7) is 0.149. The number of nitrogens with zero attached hydrogens (tertiary/aromatic N) is 1. The molecule has 24 heavy (non-hydrogen) atoms. The molecule has 4 bridgehead atoms. The van der Waals surface area contributed by atoms with Crippen LogP contribution in [0, 0.1) is 28.6 Å². The van der Waals surface area contributed by atoms with Crippen LogP contribution in [0.15, 0.2) is 24.3 Å². The molecule has 1 aromatic carbocycles. The van der Waals surface area contributed by atoms with Gasteiger partial charge in [-0.2, -0.15) is 5.26 Å². The lowest BCUT2D eigenvalue weighted by Crippen LogP contribution is -2.56. The van der Waals surface area contributed by atoms with Gasteiger partial charge in [-0.25, -0.2) is 0 Å². The third-order valence-electron chi connectivity index (χ3n) is 6.20. The van der Waals surface area contributed by atoms with Crippen molar-refractivity contribution in [1.29, 1.82) is 5.26 Å². The minimum Gasteiger partial charge on any atom is -0.461 e. The highest BCUT2D eigenvalue weighted by atomic mass is 16.5. The molecular weight excluding hydrogens is 302 g/mol. The van der Waals surface area contributed by atoms with Crippen LogP contribution in [0.1, 0.15) is 56.1 Å². The Labute approximate surface area is 142 Å². The Balaban J connectivity index is 1.41. The number of rotatable bonds is 4. The first-order chi connectivity index (χ1) is 11.5. The number of benzene rings is 1. The molecule has 4 saturated carbocycles. The fourth-order valence-corrected chi connectivity index (χ4v) is 5.88. The van der Waals surface area contributed by atoms with Crippen molar-refractivity contribution in [2.24, 2.45) is 17.3 Å². The van der Waals surface area contributed by atoms with Crippen LogP contribution >= 0.6 is 0 Å². The average Bonchev–Trinajstić information content (AvgIpc) is 2.50. The molecule has 4 aliphatic rings. The standard InChI is InChI=1S/C20H23NO3/c21-11-16-3-1-2-4-17(16)12-24-18(22)10-19-6-14-5-15(7-19)9-20(23,8-14)13-19/h1-4,14-15,23H,5-10,12-13H2/t14-,15+,19?,20?. The number of ether oxygens (including phenoxy) is 1. The monoisotopic (exact) mass is 325 g/mol. The summed E-state index contributed by atoms with van der Waals surface area (Å²) in [5, 5.41) is 19.9. The van der Waals surface area contributed by atoms with Crippen LogP contribution in [0.5, 0.6) is 0 Å². The van der Waals surface area contributed by atoms with E-state index < -0.39 is 5.60 Å². The highest BCUT2D eigenvalue weighted by molar-refractivity contribution is 5.70. The summed E-state index contributed by atoms with van der Waals surface area (Å²) in [6.07, 6.45) is 6.29. The second-order valence-electron chi connectivity index (χ2n) is 8.29. The van der Waals surface area contributed by atoms with Crippen molar-refractivity contribution in [1.82, 2.24) is 0 Å². The van der Waals surface area contributed by atoms with Gasteiger partial charge in [-0.05, 0) is 61.8 Å². The summed E-state index contributed by atoms with van der Waals surface area (Å²) in [7, 11) is 0. The quantitative estimate of drug-likeness (QED) is 0.862. The molecule has 0 aliphatic heterocycles. The van der Waals surface area contributed by atoms with E-state index in [0.717, 1.165) is 37.7 Å². The first kappa shape index (κ1) is 15.7. The van der Waals surface area contributed by atoms with E-state index in [2.05, 4.69) is 6.07 Å². The second-order valence-corrected chi connectivity index (χ2v) is 8.29. The smallest absolute Gasteiger partial charge is 0.306 e. The van der Waals surface area contributed by atoms with Crippen LogP contribution in [-0.2, 0) is 16.1 Å². The fourth-order valence-electron chi connectivity index (χ4n) is 5.88. The summed E-state index contributed by atoms with van der Waals surface area (Å²) in [4.78, 5) is 12.4. The summed E-state index contributed by atoms with van der Waals surface area (Å²) in [5.74, 6) is 0.944. The van der Waals surface area contributed by atoms with Crippen molar-refractivity contribution < 1.29 is 14.6 Å². The van der Waals surface area contributed by atoms with Gasteiger partial charge >= 0.3 is 5.97 Å². The molecule has 1 N–H and O–H groups in total. The van der Waals surface area contributed by atoms with Gasteiger partial charge in [0.25, 0.3) is 0 Å². The Hall–Kier alpha value is -1.86. The average molecular weight is 325 g/mol. The molecule has 4 heteroatoms. The van der Waals surface area contributed by atoms with E-state index in [0.29, 0.717) is 23.8 Å². The molecule has 4 aliphatic carbocycles. The van der Waals surface area contributed by atoms with Crippen molar-refractivity contribution in [2.75, 3.05) is 0 Å². The molecule has 0 spiro atoms. The number of aliphatic hydroxyl groups is 1. The molecule has 0 aromatic heterocycles. The first-order valence-electron chi connectivity index (χ1n) is 8.85. The molecule has 0 radical (unpaired) electrons. The predicted molar refractivity (Wildman–Crippen MR) is 87.6 cm³/mol. The van der Waals surface area contributed by atoms with Gasteiger partial charge in [0, 0.05) is 5.56 Å². The van der Waals surface area contributed by atoms with E-state index in [9.17, 15) is 9.90 Å².